The van der Waals surface area contributed by atoms with Crippen LogP contribution in [-0.2, 0) is 14.9 Å². The van der Waals surface area contributed by atoms with E-state index >= 15 is 0 Å². The van der Waals surface area contributed by atoms with E-state index in [1.807, 2.05) is 32.0 Å². The lowest BCUT2D eigenvalue weighted by Crippen LogP contribution is -2.26. The Labute approximate surface area is 131 Å². The van der Waals surface area contributed by atoms with Gasteiger partial charge in [0.25, 0.3) is 6.43 Å². The van der Waals surface area contributed by atoms with Gasteiger partial charge in [-0.1, -0.05) is 28.1 Å². The van der Waals surface area contributed by atoms with Gasteiger partial charge in [0.15, 0.2) is 0 Å². The van der Waals surface area contributed by atoms with Crippen LogP contribution in [0.3, 0.4) is 0 Å². The molecule has 0 aliphatic carbocycles. The van der Waals surface area contributed by atoms with Gasteiger partial charge in [-0.25, -0.2) is 8.78 Å². The van der Waals surface area contributed by atoms with Crippen LogP contribution in [0.1, 0.15) is 36.2 Å². The molecule has 116 valence electrons. The van der Waals surface area contributed by atoms with E-state index in [9.17, 15) is 13.6 Å². The van der Waals surface area contributed by atoms with Gasteiger partial charge < -0.3 is 10.1 Å². The minimum absolute atomic E-state index is 0.00646. The van der Waals surface area contributed by atoms with Gasteiger partial charge in [-0.15, -0.1) is 0 Å². The van der Waals surface area contributed by atoms with E-state index < -0.39 is 18.4 Å². The second-order valence-corrected chi connectivity index (χ2v) is 6.71. The Hall–Kier alpha value is -1.01. The number of alkyl halides is 3. The molecule has 2 rings (SSSR count). The molecule has 0 spiro atoms. The highest BCUT2D eigenvalue weighted by atomic mass is 79.9. The fourth-order valence-electron chi connectivity index (χ4n) is 2.31. The van der Waals surface area contributed by atoms with Gasteiger partial charge in [0.2, 0.25) is 5.91 Å². The van der Waals surface area contributed by atoms with Crippen LogP contribution in [0.4, 0.5) is 14.5 Å². The van der Waals surface area contributed by atoms with Crippen LogP contribution in [0.25, 0.3) is 0 Å². The number of benzene rings is 1. The summed E-state index contributed by atoms with van der Waals surface area (Å²) in [4.78, 5) is 11.9. The highest BCUT2D eigenvalue weighted by Gasteiger charge is 2.38. The first-order valence-electron chi connectivity index (χ1n) is 6.78. The lowest BCUT2D eigenvalue weighted by Gasteiger charge is -2.17. The van der Waals surface area contributed by atoms with Crippen LogP contribution in [0.2, 0.25) is 0 Å². The summed E-state index contributed by atoms with van der Waals surface area (Å²) >= 11 is 3.54. The van der Waals surface area contributed by atoms with Crippen LogP contribution < -0.4 is 5.32 Å². The Morgan fingerprint density at radius 3 is 2.76 bits per heavy atom. The van der Waals surface area contributed by atoms with Crippen molar-refractivity contribution >= 4 is 27.5 Å². The molecule has 0 radical (unpaired) electrons. The van der Waals surface area contributed by atoms with Gasteiger partial charge in [-0.05, 0) is 37.5 Å². The molecule has 6 heteroatoms. The van der Waals surface area contributed by atoms with Gasteiger partial charge in [0.05, 0.1) is 5.41 Å². The fraction of sp³-hybridized carbons (Fsp3) is 0.533. The molecule has 0 fully saturated rings. The highest BCUT2D eigenvalue weighted by Crippen LogP contribution is 2.40. The average Bonchev–Trinajstić information content (AvgIpc) is 2.64. The summed E-state index contributed by atoms with van der Waals surface area (Å²) in [5.74, 6) is -0.0129. The normalized spacial score (nSPS) is 17.7. The summed E-state index contributed by atoms with van der Waals surface area (Å²) < 4.78 is 28.8. The van der Waals surface area contributed by atoms with Gasteiger partial charge in [-0.2, -0.15) is 0 Å². The summed E-state index contributed by atoms with van der Waals surface area (Å²) in [6.07, 6.45) is -1.84. The molecule has 1 atom stereocenters. The number of rotatable bonds is 6. The molecule has 0 bridgehead atoms. The molecule has 1 aliphatic rings. The van der Waals surface area contributed by atoms with Crippen molar-refractivity contribution in [2.24, 2.45) is 0 Å². The van der Waals surface area contributed by atoms with Crippen LogP contribution >= 0.6 is 15.9 Å². The predicted molar refractivity (Wildman–Crippen MR) is 81.2 cm³/mol. The molecule has 0 saturated heterocycles. The summed E-state index contributed by atoms with van der Waals surface area (Å²) in [6, 6.07) is 5.79. The van der Waals surface area contributed by atoms with Gasteiger partial charge >= 0.3 is 0 Å². The smallest absolute Gasteiger partial charge is 0.261 e. The average molecular weight is 362 g/mol. The first-order valence-corrected chi connectivity index (χ1v) is 7.70. The van der Waals surface area contributed by atoms with E-state index in [1.165, 1.54) is 0 Å². The van der Waals surface area contributed by atoms with Crippen LogP contribution in [-0.4, -0.2) is 25.5 Å². The number of ether oxygens (including phenoxy) is 1. The lowest BCUT2D eigenvalue weighted by molar-refractivity contribution is -0.119. The van der Waals surface area contributed by atoms with Gasteiger partial charge in [-0.3, -0.25) is 4.79 Å². The molecule has 1 aliphatic heterocycles. The standard InChI is InChI=1S/C15H18BrF2NO2/c1-15(2)10-7-9(3-4-12(10)19-14(15)20)11(16)5-6-21-8-13(17)18/h3-4,7,11,13H,5-6,8H2,1-2H3,(H,19,20). The summed E-state index contributed by atoms with van der Waals surface area (Å²) in [5.41, 5.74) is 2.26. The molecule has 3 nitrogen and oxygen atoms in total. The maximum Gasteiger partial charge on any atom is 0.261 e. The number of hydrogen-bond acceptors (Lipinski definition) is 2. The fourth-order valence-corrected chi connectivity index (χ4v) is 2.78. The lowest BCUT2D eigenvalue weighted by atomic mass is 9.85. The van der Waals surface area contributed by atoms with Crippen molar-refractivity contribution in [3.8, 4) is 0 Å². The minimum Gasteiger partial charge on any atom is -0.375 e. The second-order valence-electron chi connectivity index (χ2n) is 5.61. The number of fused-ring (bicyclic) bond motifs is 1. The second kappa shape index (κ2) is 6.40. The van der Waals surface area contributed by atoms with Crippen molar-refractivity contribution in [2.45, 2.75) is 36.9 Å². The van der Waals surface area contributed by atoms with E-state index in [4.69, 9.17) is 4.74 Å². The Morgan fingerprint density at radius 1 is 1.38 bits per heavy atom. The summed E-state index contributed by atoms with van der Waals surface area (Å²) in [5, 5.41) is 2.86. The third-order valence-electron chi connectivity index (χ3n) is 3.65. The third-order valence-corrected chi connectivity index (χ3v) is 4.64. The minimum atomic E-state index is -2.43. The van der Waals surface area contributed by atoms with Crippen molar-refractivity contribution in [2.75, 3.05) is 18.5 Å². The third kappa shape index (κ3) is 3.61. The van der Waals surface area contributed by atoms with E-state index in [1.54, 1.807) is 0 Å². The monoisotopic (exact) mass is 361 g/mol. The Morgan fingerprint density at radius 2 is 2.10 bits per heavy atom. The van der Waals surface area contributed by atoms with E-state index in [0.29, 0.717) is 6.42 Å². The predicted octanol–water partition coefficient (Wildman–Crippen LogP) is 4.02. The largest absolute Gasteiger partial charge is 0.375 e. The topological polar surface area (TPSA) is 38.3 Å². The van der Waals surface area contributed by atoms with E-state index in [0.717, 1.165) is 16.8 Å². The van der Waals surface area contributed by atoms with Crippen LogP contribution in [0.5, 0.6) is 0 Å². The molecule has 21 heavy (non-hydrogen) atoms. The molecule has 1 aromatic rings. The number of amides is 1. The number of halogens is 3. The Kier molecular flexibility index (Phi) is 4.99. The van der Waals surface area contributed by atoms with Crippen molar-refractivity contribution in [3.05, 3.63) is 29.3 Å². The van der Waals surface area contributed by atoms with Crippen molar-refractivity contribution < 1.29 is 18.3 Å². The first kappa shape index (κ1) is 16.4. The maximum absolute atomic E-state index is 12.0. The zero-order chi connectivity index (χ0) is 15.6. The molecular weight excluding hydrogens is 344 g/mol. The highest BCUT2D eigenvalue weighted by molar-refractivity contribution is 9.09. The van der Waals surface area contributed by atoms with Crippen molar-refractivity contribution in [1.29, 1.82) is 0 Å². The van der Waals surface area contributed by atoms with E-state index in [2.05, 4.69) is 21.2 Å². The number of hydrogen-bond donors (Lipinski definition) is 1. The molecule has 1 unspecified atom stereocenters. The number of carbonyl (C=O) groups excluding carboxylic acids is 1. The summed E-state index contributed by atoms with van der Waals surface area (Å²) in [6.45, 7) is 3.49. The Bertz CT molecular complexity index is 534. The SMILES string of the molecule is CC1(C)C(=O)Nc2ccc(C(Br)CCOCC(F)F)cc21. The molecular formula is C15H18BrF2NO2. The molecule has 1 aromatic carbocycles. The Balaban J connectivity index is 2.02. The quantitative estimate of drug-likeness (QED) is 0.613. The molecule has 1 amide bonds. The number of nitrogens with one attached hydrogen (secondary N) is 1. The number of anilines is 1. The zero-order valence-electron chi connectivity index (χ0n) is 12.0. The van der Waals surface area contributed by atoms with E-state index in [-0.39, 0.29) is 17.3 Å². The zero-order valence-corrected chi connectivity index (χ0v) is 13.5. The van der Waals surface area contributed by atoms with Gasteiger partial charge in [0, 0.05) is 17.1 Å². The number of carbonyl (C=O) groups is 1. The molecule has 0 saturated carbocycles. The summed E-state index contributed by atoms with van der Waals surface area (Å²) in [7, 11) is 0. The van der Waals surface area contributed by atoms with Crippen LogP contribution in [0.15, 0.2) is 18.2 Å². The van der Waals surface area contributed by atoms with Crippen molar-refractivity contribution in [3.63, 3.8) is 0 Å². The van der Waals surface area contributed by atoms with Crippen molar-refractivity contribution in [1.82, 2.24) is 0 Å². The maximum atomic E-state index is 12.0. The molecule has 0 aromatic heterocycles. The molecule has 1 heterocycles. The first-order chi connectivity index (χ1) is 9.82. The molecule has 1 N–H and O–H groups in total. The van der Waals surface area contributed by atoms with Crippen LogP contribution in [0, 0.1) is 0 Å². The van der Waals surface area contributed by atoms with Gasteiger partial charge in [0.1, 0.15) is 6.61 Å².